The van der Waals surface area contributed by atoms with Crippen LogP contribution in [0.1, 0.15) is 21.5 Å². The number of halogens is 1. The third-order valence-corrected chi connectivity index (χ3v) is 4.09. The SMILES string of the molecule is COc1cc(C(=O)Nc2ccc3c(c2)CCN3)cc(OC)c1C.Cl. The summed E-state index contributed by atoms with van der Waals surface area (Å²) < 4.78 is 10.6. The number of rotatable bonds is 4. The summed E-state index contributed by atoms with van der Waals surface area (Å²) >= 11 is 0. The smallest absolute Gasteiger partial charge is 0.255 e. The Morgan fingerprint density at radius 2 is 1.79 bits per heavy atom. The molecule has 0 saturated heterocycles. The molecule has 1 amide bonds. The highest BCUT2D eigenvalue weighted by Crippen LogP contribution is 2.30. The fourth-order valence-electron chi connectivity index (χ4n) is 2.80. The lowest BCUT2D eigenvalue weighted by Gasteiger charge is -2.13. The number of fused-ring (bicyclic) bond motifs is 1. The van der Waals surface area contributed by atoms with Crippen LogP contribution in [0.4, 0.5) is 11.4 Å². The molecule has 1 heterocycles. The van der Waals surface area contributed by atoms with Gasteiger partial charge in [0.05, 0.1) is 14.2 Å². The minimum Gasteiger partial charge on any atom is -0.496 e. The molecule has 0 spiro atoms. The lowest BCUT2D eigenvalue weighted by molar-refractivity contribution is 0.102. The van der Waals surface area contributed by atoms with Crippen molar-refractivity contribution in [2.45, 2.75) is 13.3 Å². The maximum atomic E-state index is 12.5. The van der Waals surface area contributed by atoms with E-state index in [0.717, 1.165) is 29.9 Å². The molecule has 0 aliphatic carbocycles. The quantitative estimate of drug-likeness (QED) is 0.885. The molecule has 0 bridgehead atoms. The first-order chi connectivity index (χ1) is 11.1. The van der Waals surface area contributed by atoms with Crippen molar-refractivity contribution in [1.29, 1.82) is 0 Å². The number of hydrogen-bond acceptors (Lipinski definition) is 4. The lowest BCUT2D eigenvalue weighted by atomic mass is 10.1. The van der Waals surface area contributed by atoms with E-state index in [9.17, 15) is 4.79 Å². The fraction of sp³-hybridized carbons (Fsp3) is 0.278. The number of carbonyl (C=O) groups is 1. The molecule has 1 aliphatic rings. The maximum absolute atomic E-state index is 12.5. The molecule has 0 saturated carbocycles. The molecule has 0 radical (unpaired) electrons. The van der Waals surface area contributed by atoms with Gasteiger partial charge in [-0.1, -0.05) is 0 Å². The average molecular weight is 349 g/mol. The van der Waals surface area contributed by atoms with Crippen molar-refractivity contribution in [1.82, 2.24) is 0 Å². The van der Waals surface area contributed by atoms with E-state index in [1.165, 1.54) is 5.56 Å². The molecule has 0 fully saturated rings. The summed E-state index contributed by atoms with van der Waals surface area (Å²) in [6.07, 6.45) is 0.977. The van der Waals surface area contributed by atoms with E-state index in [1.807, 2.05) is 25.1 Å². The van der Waals surface area contributed by atoms with Gasteiger partial charge in [-0.2, -0.15) is 0 Å². The van der Waals surface area contributed by atoms with Crippen molar-refractivity contribution in [3.63, 3.8) is 0 Å². The molecule has 24 heavy (non-hydrogen) atoms. The molecular weight excluding hydrogens is 328 g/mol. The van der Waals surface area contributed by atoms with E-state index in [4.69, 9.17) is 9.47 Å². The topological polar surface area (TPSA) is 59.6 Å². The summed E-state index contributed by atoms with van der Waals surface area (Å²) in [6.45, 7) is 2.84. The van der Waals surface area contributed by atoms with E-state index >= 15 is 0 Å². The van der Waals surface area contributed by atoms with Crippen LogP contribution in [0.5, 0.6) is 11.5 Å². The monoisotopic (exact) mass is 348 g/mol. The molecule has 0 unspecified atom stereocenters. The largest absolute Gasteiger partial charge is 0.496 e. The van der Waals surface area contributed by atoms with Crippen molar-refractivity contribution < 1.29 is 14.3 Å². The Bertz CT molecular complexity index is 737. The van der Waals surface area contributed by atoms with Gasteiger partial charge < -0.3 is 20.1 Å². The molecular formula is C18H21ClN2O3. The van der Waals surface area contributed by atoms with Crippen LogP contribution in [0.25, 0.3) is 0 Å². The predicted molar refractivity (Wildman–Crippen MR) is 98.1 cm³/mol. The average Bonchev–Trinajstić information content (AvgIpc) is 3.02. The highest BCUT2D eigenvalue weighted by molar-refractivity contribution is 6.05. The molecule has 5 nitrogen and oxygen atoms in total. The zero-order valence-electron chi connectivity index (χ0n) is 13.9. The molecule has 128 valence electrons. The molecule has 6 heteroatoms. The number of benzene rings is 2. The van der Waals surface area contributed by atoms with Crippen molar-refractivity contribution in [3.05, 3.63) is 47.0 Å². The Hall–Kier alpha value is -2.40. The minimum absolute atomic E-state index is 0. The van der Waals surface area contributed by atoms with Crippen LogP contribution < -0.4 is 20.1 Å². The van der Waals surface area contributed by atoms with Crippen LogP contribution in [0.3, 0.4) is 0 Å². The minimum atomic E-state index is -0.187. The maximum Gasteiger partial charge on any atom is 0.255 e. The number of ether oxygens (including phenoxy) is 2. The van der Waals surface area contributed by atoms with Gasteiger partial charge in [0, 0.05) is 29.0 Å². The molecule has 3 rings (SSSR count). The van der Waals surface area contributed by atoms with Gasteiger partial charge >= 0.3 is 0 Å². The molecule has 1 aliphatic heterocycles. The van der Waals surface area contributed by atoms with Crippen molar-refractivity contribution in [3.8, 4) is 11.5 Å². The second-order valence-electron chi connectivity index (χ2n) is 5.51. The third-order valence-electron chi connectivity index (χ3n) is 4.09. The van der Waals surface area contributed by atoms with Crippen LogP contribution in [-0.4, -0.2) is 26.7 Å². The van der Waals surface area contributed by atoms with Crippen LogP contribution >= 0.6 is 12.4 Å². The zero-order chi connectivity index (χ0) is 16.4. The van der Waals surface area contributed by atoms with Gasteiger partial charge in [0.1, 0.15) is 11.5 Å². The summed E-state index contributed by atoms with van der Waals surface area (Å²) in [5.41, 5.74) is 4.53. The van der Waals surface area contributed by atoms with Gasteiger partial charge in [-0.05, 0) is 49.2 Å². The highest BCUT2D eigenvalue weighted by Gasteiger charge is 2.15. The molecule has 2 aromatic carbocycles. The van der Waals surface area contributed by atoms with Crippen molar-refractivity contribution in [2.24, 2.45) is 0 Å². The number of carbonyl (C=O) groups excluding carboxylic acids is 1. The van der Waals surface area contributed by atoms with Crippen molar-refractivity contribution in [2.75, 3.05) is 31.4 Å². The normalized spacial score (nSPS) is 11.8. The van der Waals surface area contributed by atoms with Gasteiger partial charge in [-0.3, -0.25) is 4.79 Å². The Kier molecular flexibility index (Phi) is 5.57. The second kappa shape index (κ2) is 7.45. The molecule has 0 atom stereocenters. The molecule has 2 aromatic rings. The van der Waals surface area contributed by atoms with E-state index in [0.29, 0.717) is 17.1 Å². The standard InChI is InChI=1S/C18H20N2O3.ClH/c1-11-16(22-2)9-13(10-17(11)23-3)18(21)20-14-4-5-15-12(8-14)6-7-19-15;/h4-5,8-10,19H,6-7H2,1-3H3,(H,20,21);1H. The first-order valence-corrected chi connectivity index (χ1v) is 7.53. The summed E-state index contributed by atoms with van der Waals surface area (Å²) in [7, 11) is 3.16. The van der Waals surface area contributed by atoms with Crippen LogP contribution in [0.15, 0.2) is 30.3 Å². The van der Waals surface area contributed by atoms with Gasteiger partial charge in [0.15, 0.2) is 0 Å². The first-order valence-electron chi connectivity index (χ1n) is 7.53. The Balaban J connectivity index is 0.00000208. The lowest BCUT2D eigenvalue weighted by Crippen LogP contribution is -2.12. The van der Waals surface area contributed by atoms with Gasteiger partial charge in [-0.25, -0.2) is 0 Å². The number of nitrogens with one attached hydrogen (secondary N) is 2. The number of hydrogen-bond donors (Lipinski definition) is 2. The Morgan fingerprint density at radius 1 is 1.12 bits per heavy atom. The summed E-state index contributed by atoms with van der Waals surface area (Å²) in [4.78, 5) is 12.5. The third kappa shape index (κ3) is 3.41. The number of amides is 1. The first kappa shape index (κ1) is 17.9. The fourth-order valence-corrected chi connectivity index (χ4v) is 2.80. The van der Waals surface area contributed by atoms with E-state index in [1.54, 1.807) is 26.4 Å². The summed E-state index contributed by atoms with van der Waals surface area (Å²) in [5, 5.41) is 6.24. The predicted octanol–water partition coefficient (Wildman–Crippen LogP) is 3.65. The number of methoxy groups -OCH3 is 2. The number of anilines is 2. The van der Waals surface area contributed by atoms with Crippen LogP contribution in [0, 0.1) is 6.92 Å². The Labute approximate surface area is 147 Å². The van der Waals surface area contributed by atoms with Gasteiger partial charge in [-0.15, -0.1) is 12.4 Å². The van der Waals surface area contributed by atoms with Gasteiger partial charge in [0.2, 0.25) is 0 Å². The summed E-state index contributed by atoms with van der Waals surface area (Å²) in [6, 6.07) is 9.35. The highest BCUT2D eigenvalue weighted by atomic mass is 35.5. The molecule has 0 aromatic heterocycles. The second-order valence-corrected chi connectivity index (χ2v) is 5.51. The van der Waals surface area contributed by atoms with E-state index in [2.05, 4.69) is 10.6 Å². The van der Waals surface area contributed by atoms with Crippen LogP contribution in [-0.2, 0) is 6.42 Å². The van der Waals surface area contributed by atoms with Crippen LogP contribution in [0.2, 0.25) is 0 Å². The van der Waals surface area contributed by atoms with Gasteiger partial charge in [0.25, 0.3) is 5.91 Å². The zero-order valence-corrected chi connectivity index (χ0v) is 14.8. The van der Waals surface area contributed by atoms with Crippen molar-refractivity contribution >= 4 is 29.7 Å². The summed E-state index contributed by atoms with van der Waals surface area (Å²) in [5.74, 6) is 1.08. The Morgan fingerprint density at radius 3 is 2.42 bits per heavy atom. The van der Waals surface area contributed by atoms with E-state index in [-0.39, 0.29) is 18.3 Å². The van der Waals surface area contributed by atoms with E-state index < -0.39 is 0 Å². The molecule has 2 N–H and O–H groups in total.